The van der Waals surface area contributed by atoms with Crippen molar-refractivity contribution < 1.29 is 9.90 Å². The van der Waals surface area contributed by atoms with Gasteiger partial charge in [0, 0.05) is 13.5 Å². The zero-order valence-electron chi connectivity index (χ0n) is 16.4. The fourth-order valence-electron chi connectivity index (χ4n) is 0.921. The summed E-state index contributed by atoms with van der Waals surface area (Å²) in [6, 6.07) is 0. The van der Waals surface area contributed by atoms with Crippen molar-refractivity contribution in [3.8, 4) is 0 Å². The monoisotopic (exact) mass is 324 g/mol. The van der Waals surface area contributed by atoms with Gasteiger partial charge in [-0.25, -0.2) is 0 Å². The van der Waals surface area contributed by atoms with Gasteiger partial charge in [0.2, 0.25) is 5.91 Å². The minimum atomic E-state index is -0.333. The number of rotatable bonds is 5. The lowest BCUT2D eigenvalue weighted by Crippen LogP contribution is -2.21. The summed E-state index contributed by atoms with van der Waals surface area (Å²) in [6.07, 6.45) is 0. The Morgan fingerprint density at radius 3 is 1.14 bits per heavy atom. The summed E-state index contributed by atoms with van der Waals surface area (Å²) in [7, 11) is 0. The highest BCUT2D eigenvalue weighted by Gasteiger charge is 1.89. The van der Waals surface area contributed by atoms with E-state index in [9.17, 15) is 4.79 Å². The normalized spacial score (nSPS) is 7.95. The topological polar surface area (TPSA) is 105 Å². The minimum absolute atomic E-state index is 0.250. The number of hydrogen-bond donors (Lipinski definition) is 4. The lowest BCUT2D eigenvalue weighted by molar-refractivity contribution is -0.115. The van der Waals surface area contributed by atoms with Crippen LogP contribution in [0.5, 0.6) is 0 Å². The molecule has 0 aromatic rings. The molecule has 6 nitrogen and oxygen atoms in total. The molecule has 0 aliphatic rings. The molecule has 0 bridgehead atoms. The van der Waals surface area contributed by atoms with Crippen LogP contribution in [0.4, 0.5) is 0 Å². The number of carbonyl (C=O) groups is 1. The number of nitrogens with two attached hydrogens (primary N) is 2. The molecule has 6 N–H and O–H groups in total. The molecule has 0 heterocycles. The van der Waals surface area contributed by atoms with E-state index in [-0.39, 0.29) is 12.5 Å². The molecule has 140 valence electrons. The van der Waals surface area contributed by atoms with Crippen LogP contribution in [0.15, 0.2) is 0 Å². The number of aliphatic hydroxyl groups is 1. The van der Waals surface area contributed by atoms with E-state index in [2.05, 4.69) is 50.6 Å². The Bertz CT molecular complexity index is 142. The molecule has 0 saturated carbocycles. The van der Waals surface area contributed by atoms with Crippen LogP contribution in [0, 0.1) is 0 Å². The highest BCUT2D eigenvalue weighted by Crippen LogP contribution is 1.81. The van der Waals surface area contributed by atoms with Crippen LogP contribution in [-0.4, -0.2) is 61.8 Å². The van der Waals surface area contributed by atoms with Crippen molar-refractivity contribution in [2.75, 3.05) is 45.9 Å². The molecule has 0 radical (unpaired) electrons. The quantitative estimate of drug-likeness (QED) is 0.612. The van der Waals surface area contributed by atoms with Gasteiger partial charge in [0.1, 0.15) is 0 Å². The second-order valence-corrected chi connectivity index (χ2v) is 3.91. The van der Waals surface area contributed by atoms with Gasteiger partial charge in [0.25, 0.3) is 0 Å². The Balaban J connectivity index is -0.0000000574. The number of carbonyl (C=O) groups excluding carboxylic acids is 1. The van der Waals surface area contributed by atoms with Gasteiger partial charge in [-0.15, -0.1) is 0 Å². The summed E-state index contributed by atoms with van der Waals surface area (Å²) in [5, 5.41) is 10.7. The summed E-state index contributed by atoms with van der Waals surface area (Å²) < 4.78 is 0. The molecule has 0 aliphatic carbocycles. The number of amides is 1. The van der Waals surface area contributed by atoms with E-state index >= 15 is 0 Å². The van der Waals surface area contributed by atoms with Gasteiger partial charge in [-0.1, -0.05) is 41.5 Å². The van der Waals surface area contributed by atoms with E-state index in [1.807, 2.05) is 6.92 Å². The van der Waals surface area contributed by atoms with Gasteiger partial charge < -0.3 is 26.8 Å². The van der Waals surface area contributed by atoms with Gasteiger partial charge in [-0.05, 0) is 46.2 Å². The molecule has 1 amide bonds. The van der Waals surface area contributed by atoms with E-state index in [1.165, 1.54) is 26.6 Å². The Hall–Kier alpha value is -0.690. The lowest BCUT2D eigenvalue weighted by Gasteiger charge is -2.13. The van der Waals surface area contributed by atoms with E-state index in [1.54, 1.807) is 6.92 Å². The SMILES string of the molecule is CC(N)=O.CCN.CCN(CC)CC.CCNCC.CCO. The van der Waals surface area contributed by atoms with Gasteiger partial charge >= 0.3 is 0 Å². The standard InChI is InChI=1S/C6H15N.C4H11N.C2H5NO.C2H7N.C2H6O/c1-4-7(5-2)6-3;1-3-5-4-2;1-2(3)4;2*1-2-3/h4-6H2,1-3H3;5H,3-4H2,1-2H3;1H3,(H2,3,4);2-3H2,1H3;3H,2H2,1H3. The smallest absolute Gasteiger partial charge is 0.214 e. The zero-order chi connectivity index (χ0) is 18.8. The van der Waals surface area contributed by atoms with Crippen molar-refractivity contribution in [3.05, 3.63) is 0 Å². The first-order valence-electron chi connectivity index (χ1n) is 8.32. The number of hydrogen-bond acceptors (Lipinski definition) is 5. The maximum absolute atomic E-state index is 9.22. The molecule has 6 heteroatoms. The fourth-order valence-corrected chi connectivity index (χ4v) is 0.921. The summed E-state index contributed by atoms with van der Waals surface area (Å²) in [6.45, 7) is 22.4. The van der Waals surface area contributed by atoms with Crippen LogP contribution in [0.3, 0.4) is 0 Å². The Kier molecular flexibility index (Phi) is 64.2. The van der Waals surface area contributed by atoms with Crippen molar-refractivity contribution in [2.45, 2.75) is 55.4 Å². The van der Waals surface area contributed by atoms with Gasteiger partial charge in [-0.2, -0.15) is 0 Å². The van der Waals surface area contributed by atoms with Gasteiger partial charge in [0.05, 0.1) is 0 Å². The highest BCUT2D eigenvalue weighted by atomic mass is 16.2. The number of nitrogens with one attached hydrogen (secondary N) is 1. The van der Waals surface area contributed by atoms with Crippen LogP contribution < -0.4 is 16.8 Å². The maximum atomic E-state index is 9.22. The average molecular weight is 325 g/mol. The van der Waals surface area contributed by atoms with Crippen LogP contribution in [0.2, 0.25) is 0 Å². The Morgan fingerprint density at radius 2 is 1.14 bits per heavy atom. The Morgan fingerprint density at radius 1 is 0.955 bits per heavy atom. The first-order chi connectivity index (χ1) is 10.3. The molecule has 22 heavy (non-hydrogen) atoms. The number of aliphatic hydroxyl groups excluding tert-OH is 1. The summed E-state index contributed by atoms with van der Waals surface area (Å²) in [5.74, 6) is -0.333. The molecule has 0 spiro atoms. The van der Waals surface area contributed by atoms with Crippen LogP contribution in [-0.2, 0) is 4.79 Å². The summed E-state index contributed by atoms with van der Waals surface area (Å²) >= 11 is 0. The third-order valence-electron chi connectivity index (χ3n) is 1.84. The molecule has 0 atom stereocenters. The molecule has 0 fully saturated rings. The summed E-state index contributed by atoms with van der Waals surface area (Å²) in [4.78, 5) is 11.6. The minimum Gasteiger partial charge on any atom is -0.397 e. The predicted octanol–water partition coefficient (Wildman–Crippen LogP) is 1.42. The fraction of sp³-hybridized carbons (Fsp3) is 0.938. The first kappa shape index (κ1) is 33.0. The zero-order valence-corrected chi connectivity index (χ0v) is 16.4. The Labute approximate surface area is 139 Å². The first-order valence-corrected chi connectivity index (χ1v) is 8.32. The average Bonchev–Trinajstić information content (AvgIpc) is 2.43. The predicted molar refractivity (Wildman–Crippen MR) is 100 cm³/mol. The van der Waals surface area contributed by atoms with Crippen molar-refractivity contribution in [2.24, 2.45) is 11.5 Å². The molecule has 0 aromatic heterocycles. The second-order valence-electron chi connectivity index (χ2n) is 3.91. The third-order valence-corrected chi connectivity index (χ3v) is 1.84. The number of nitrogens with zero attached hydrogens (tertiary/aromatic N) is 1. The maximum Gasteiger partial charge on any atom is 0.214 e. The third kappa shape index (κ3) is 121. The molecule has 0 aliphatic heterocycles. The molecule has 0 rings (SSSR count). The van der Waals surface area contributed by atoms with Gasteiger partial charge in [0.15, 0.2) is 0 Å². The summed E-state index contributed by atoms with van der Waals surface area (Å²) in [5.41, 5.74) is 9.32. The molecule has 0 aromatic carbocycles. The molecule has 0 unspecified atom stereocenters. The van der Waals surface area contributed by atoms with E-state index in [4.69, 9.17) is 10.8 Å². The van der Waals surface area contributed by atoms with Crippen molar-refractivity contribution in [1.29, 1.82) is 0 Å². The van der Waals surface area contributed by atoms with E-state index < -0.39 is 0 Å². The van der Waals surface area contributed by atoms with Crippen molar-refractivity contribution in [3.63, 3.8) is 0 Å². The number of primary amides is 1. The van der Waals surface area contributed by atoms with E-state index in [0.717, 1.165) is 19.6 Å². The van der Waals surface area contributed by atoms with Crippen LogP contribution in [0.25, 0.3) is 0 Å². The van der Waals surface area contributed by atoms with Crippen molar-refractivity contribution in [1.82, 2.24) is 10.2 Å². The largest absolute Gasteiger partial charge is 0.397 e. The van der Waals surface area contributed by atoms with Crippen LogP contribution in [0.1, 0.15) is 55.4 Å². The lowest BCUT2D eigenvalue weighted by atomic mass is 10.5. The molecular weight excluding hydrogens is 280 g/mol. The second kappa shape index (κ2) is 42.7. The van der Waals surface area contributed by atoms with E-state index in [0.29, 0.717) is 0 Å². The molecular formula is C16H44N4O2. The highest BCUT2D eigenvalue weighted by molar-refractivity contribution is 5.70. The molecule has 0 saturated heterocycles. The van der Waals surface area contributed by atoms with Crippen molar-refractivity contribution >= 4 is 5.91 Å². The van der Waals surface area contributed by atoms with Gasteiger partial charge in [-0.3, -0.25) is 4.79 Å². The van der Waals surface area contributed by atoms with Crippen LogP contribution >= 0.6 is 0 Å².